The predicted molar refractivity (Wildman–Crippen MR) is 150 cm³/mol. The van der Waals surface area contributed by atoms with Crippen molar-refractivity contribution in [1.29, 1.82) is 0 Å². The number of hydrogen-bond donors (Lipinski definition) is 3. The Kier molecular flexibility index (Phi) is 7.40. The first kappa shape index (κ1) is 27.1. The van der Waals surface area contributed by atoms with Gasteiger partial charge in [0.1, 0.15) is 12.0 Å². The number of anilines is 2. The highest BCUT2D eigenvalue weighted by atomic mass is 19.4. The SMILES string of the molecule is Cc1ncc(NC(=O)c2cc(NCCCN(C)C)cc(C(F)(F)F)c2)cc1-c1ccc2c(c1)[nH]c1ncncc12. The van der Waals surface area contributed by atoms with Crippen LogP contribution >= 0.6 is 0 Å². The molecule has 3 aromatic heterocycles. The number of fused-ring (bicyclic) bond motifs is 3. The maximum absolute atomic E-state index is 13.6. The Morgan fingerprint density at radius 2 is 1.82 bits per heavy atom. The quantitative estimate of drug-likeness (QED) is 0.203. The first-order chi connectivity index (χ1) is 19.1. The highest BCUT2D eigenvalue weighted by Gasteiger charge is 2.32. The van der Waals surface area contributed by atoms with Gasteiger partial charge in [0.05, 0.1) is 17.4 Å². The molecule has 0 fully saturated rings. The fourth-order valence-corrected chi connectivity index (χ4v) is 4.55. The Labute approximate surface area is 228 Å². The first-order valence-corrected chi connectivity index (χ1v) is 12.7. The lowest BCUT2D eigenvalue weighted by Crippen LogP contribution is -2.18. The third-order valence-corrected chi connectivity index (χ3v) is 6.56. The maximum Gasteiger partial charge on any atom is 0.416 e. The number of carbonyl (C=O) groups excluding carboxylic acids is 1. The van der Waals surface area contributed by atoms with Crippen LogP contribution in [0.2, 0.25) is 0 Å². The molecule has 8 nitrogen and oxygen atoms in total. The standard InChI is InChI=1S/C29H28F3N7O/c1-17-24(18-5-6-23-25-15-33-16-36-27(25)38-26(23)11-18)13-22(14-35-17)37-28(40)19-9-20(29(30,31)32)12-21(10-19)34-7-4-8-39(2)3/h5-6,9-16,34H,4,7-8H2,1-3H3,(H,37,40)(H,33,36,38). The Morgan fingerprint density at radius 3 is 2.60 bits per heavy atom. The second-order valence-electron chi connectivity index (χ2n) is 9.86. The van der Waals surface area contributed by atoms with Gasteiger partial charge in [-0.15, -0.1) is 0 Å². The summed E-state index contributed by atoms with van der Waals surface area (Å²) >= 11 is 0. The molecule has 40 heavy (non-hydrogen) atoms. The second kappa shape index (κ2) is 10.9. The van der Waals surface area contributed by atoms with E-state index in [1.54, 1.807) is 12.3 Å². The monoisotopic (exact) mass is 547 g/mol. The number of rotatable bonds is 8. The fraction of sp³-hybridized carbons (Fsp3) is 0.241. The number of hydrogen-bond acceptors (Lipinski definition) is 6. The average Bonchev–Trinajstić information content (AvgIpc) is 3.29. The number of amides is 1. The van der Waals surface area contributed by atoms with E-state index in [4.69, 9.17) is 0 Å². The van der Waals surface area contributed by atoms with Gasteiger partial charge in [-0.3, -0.25) is 9.78 Å². The van der Waals surface area contributed by atoms with Crippen LogP contribution in [0.15, 0.2) is 61.2 Å². The molecule has 0 aliphatic rings. The van der Waals surface area contributed by atoms with Crippen molar-refractivity contribution in [3.05, 3.63) is 78.0 Å². The van der Waals surface area contributed by atoms with Crippen molar-refractivity contribution in [2.24, 2.45) is 0 Å². The molecule has 5 aromatic rings. The van der Waals surface area contributed by atoms with Gasteiger partial charge in [-0.25, -0.2) is 9.97 Å². The lowest BCUT2D eigenvalue weighted by Gasteiger charge is -2.15. The smallest absolute Gasteiger partial charge is 0.385 e. The highest BCUT2D eigenvalue weighted by Crippen LogP contribution is 2.33. The van der Waals surface area contributed by atoms with Crippen LogP contribution in [0.3, 0.4) is 0 Å². The number of pyridine rings is 1. The molecule has 0 bridgehead atoms. The molecule has 2 aromatic carbocycles. The van der Waals surface area contributed by atoms with Crippen LogP contribution in [0.1, 0.15) is 28.0 Å². The van der Waals surface area contributed by atoms with E-state index < -0.39 is 17.6 Å². The summed E-state index contributed by atoms with van der Waals surface area (Å²) in [7, 11) is 3.85. The molecule has 0 saturated heterocycles. The Hall–Kier alpha value is -4.51. The number of aryl methyl sites for hydroxylation is 1. The molecule has 0 spiro atoms. The molecule has 0 aliphatic carbocycles. The summed E-state index contributed by atoms with van der Waals surface area (Å²) in [6.07, 6.45) is 0.861. The van der Waals surface area contributed by atoms with Gasteiger partial charge in [0.15, 0.2) is 0 Å². The van der Waals surface area contributed by atoms with Crippen LogP contribution in [-0.4, -0.2) is 57.9 Å². The van der Waals surface area contributed by atoms with Gasteiger partial charge in [-0.1, -0.05) is 12.1 Å². The molecule has 5 rings (SSSR count). The van der Waals surface area contributed by atoms with Gasteiger partial charge in [-0.05, 0) is 69.9 Å². The lowest BCUT2D eigenvalue weighted by molar-refractivity contribution is -0.137. The number of aromatic amines is 1. The van der Waals surface area contributed by atoms with E-state index in [-0.39, 0.29) is 11.3 Å². The van der Waals surface area contributed by atoms with Crippen molar-refractivity contribution in [2.75, 3.05) is 37.8 Å². The zero-order valence-electron chi connectivity index (χ0n) is 22.2. The van der Waals surface area contributed by atoms with Crippen LogP contribution in [0, 0.1) is 6.92 Å². The molecule has 0 saturated carbocycles. The van der Waals surface area contributed by atoms with Crippen molar-refractivity contribution in [3.63, 3.8) is 0 Å². The van der Waals surface area contributed by atoms with Crippen LogP contribution in [-0.2, 0) is 6.18 Å². The van der Waals surface area contributed by atoms with Gasteiger partial charge in [0, 0.05) is 51.5 Å². The lowest BCUT2D eigenvalue weighted by atomic mass is 10.0. The van der Waals surface area contributed by atoms with Crippen molar-refractivity contribution < 1.29 is 18.0 Å². The normalized spacial score (nSPS) is 11.9. The molecule has 1 amide bonds. The largest absolute Gasteiger partial charge is 0.416 e. The summed E-state index contributed by atoms with van der Waals surface area (Å²) in [6, 6.07) is 10.9. The minimum atomic E-state index is -4.60. The number of aromatic nitrogens is 4. The summed E-state index contributed by atoms with van der Waals surface area (Å²) in [5.41, 5.74) is 3.57. The van der Waals surface area contributed by atoms with Gasteiger partial charge >= 0.3 is 6.18 Å². The topological polar surface area (TPSA) is 98.8 Å². The third-order valence-electron chi connectivity index (χ3n) is 6.56. The van der Waals surface area contributed by atoms with Gasteiger partial charge in [0.2, 0.25) is 0 Å². The predicted octanol–water partition coefficient (Wildman–Crippen LogP) is 6.12. The van der Waals surface area contributed by atoms with Gasteiger partial charge in [-0.2, -0.15) is 13.2 Å². The average molecular weight is 548 g/mol. The molecule has 0 aliphatic heterocycles. The minimum Gasteiger partial charge on any atom is -0.385 e. The summed E-state index contributed by atoms with van der Waals surface area (Å²) in [6.45, 7) is 3.10. The van der Waals surface area contributed by atoms with E-state index in [0.29, 0.717) is 12.2 Å². The number of halogens is 3. The van der Waals surface area contributed by atoms with Gasteiger partial charge in [0.25, 0.3) is 5.91 Å². The molecule has 0 unspecified atom stereocenters. The number of carbonyl (C=O) groups is 1. The number of nitrogens with one attached hydrogen (secondary N) is 3. The Morgan fingerprint density at radius 1 is 1.00 bits per heavy atom. The summed E-state index contributed by atoms with van der Waals surface area (Å²) < 4.78 is 40.8. The third kappa shape index (κ3) is 5.89. The number of nitrogens with zero attached hydrogens (tertiary/aromatic N) is 4. The summed E-state index contributed by atoms with van der Waals surface area (Å²) in [5.74, 6) is -0.663. The van der Waals surface area contributed by atoms with E-state index in [1.807, 2.05) is 44.1 Å². The molecule has 3 N–H and O–H groups in total. The van der Waals surface area contributed by atoms with Crippen molar-refractivity contribution in [2.45, 2.75) is 19.5 Å². The Bertz CT molecular complexity index is 1700. The van der Waals surface area contributed by atoms with Crippen molar-refractivity contribution in [1.82, 2.24) is 24.8 Å². The molecule has 206 valence electrons. The van der Waals surface area contributed by atoms with Crippen LogP contribution in [0.25, 0.3) is 33.1 Å². The van der Waals surface area contributed by atoms with E-state index in [2.05, 4.69) is 30.6 Å². The molecule has 11 heteroatoms. The van der Waals surface area contributed by atoms with Crippen LogP contribution < -0.4 is 10.6 Å². The van der Waals surface area contributed by atoms with Gasteiger partial charge < -0.3 is 20.5 Å². The molecule has 0 atom stereocenters. The highest BCUT2D eigenvalue weighted by molar-refractivity contribution is 6.07. The summed E-state index contributed by atoms with van der Waals surface area (Å²) in [5, 5.41) is 7.60. The zero-order valence-corrected chi connectivity index (χ0v) is 22.2. The number of benzene rings is 2. The number of H-pyrrole nitrogens is 1. The van der Waals surface area contributed by atoms with Crippen molar-refractivity contribution >= 4 is 39.2 Å². The molecular weight excluding hydrogens is 519 g/mol. The zero-order chi connectivity index (χ0) is 28.4. The summed E-state index contributed by atoms with van der Waals surface area (Å²) in [4.78, 5) is 31.2. The van der Waals surface area contributed by atoms with Crippen LogP contribution in [0.4, 0.5) is 24.5 Å². The number of alkyl halides is 3. The van der Waals surface area contributed by atoms with Crippen molar-refractivity contribution in [3.8, 4) is 11.1 Å². The molecule has 3 heterocycles. The fourth-order valence-electron chi connectivity index (χ4n) is 4.55. The van der Waals surface area contributed by atoms with E-state index in [9.17, 15) is 18.0 Å². The molecular formula is C29H28F3N7O. The second-order valence-corrected chi connectivity index (χ2v) is 9.86. The van der Waals surface area contributed by atoms with E-state index in [0.717, 1.165) is 63.9 Å². The first-order valence-electron chi connectivity index (χ1n) is 12.7. The van der Waals surface area contributed by atoms with E-state index in [1.165, 1.54) is 18.6 Å². The van der Waals surface area contributed by atoms with Crippen LogP contribution in [0.5, 0.6) is 0 Å². The maximum atomic E-state index is 13.6. The molecule has 0 radical (unpaired) electrons. The van der Waals surface area contributed by atoms with E-state index >= 15 is 0 Å². The minimum absolute atomic E-state index is 0.104. The Balaban J connectivity index is 1.41.